The van der Waals surface area contributed by atoms with E-state index in [9.17, 15) is 0 Å². The van der Waals surface area contributed by atoms with Crippen LogP contribution in [0.5, 0.6) is 11.5 Å². The van der Waals surface area contributed by atoms with Crippen LogP contribution in [0.2, 0.25) is 0 Å². The van der Waals surface area contributed by atoms with Gasteiger partial charge < -0.3 is 4.74 Å². The van der Waals surface area contributed by atoms with E-state index < -0.39 is 0 Å². The smallest absolute Gasteiger partial charge is 0.149 e. The molecule has 4 rings (SSSR count). The van der Waals surface area contributed by atoms with Gasteiger partial charge in [0, 0.05) is 10.5 Å². The van der Waals surface area contributed by atoms with Gasteiger partial charge in [-0.05, 0) is 35.9 Å². The number of para-hydroxylation sites is 2. The average Bonchev–Trinajstić information content (AvgIpc) is 2.71. The average molecular weight is 354 g/mol. The SMILES string of the molecule is c1ccc(Oc2c(Sc3ccccc3)cccc2-c2ccccc2)cc1. The molecule has 0 saturated heterocycles. The summed E-state index contributed by atoms with van der Waals surface area (Å²) in [5.41, 5.74) is 2.24. The summed E-state index contributed by atoms with van der Waals surface area (Å²) < 4.78 is 6.35. The first-order chi connectivity index (χ1) is 12.9. The van der Waals surface area contributed by atoms with Crippen LogP contribution in [-0.2, 0) is 0 Å². The Balaban J connectivity index is 1.80. The van der Waals surface area contributed by atoms with Crippen molar-refractivity contribution in [2.24, 2.45) is 0 Å². The highest BCUT2D eigenvalue weighted by atomic mass is 32.2. The molecule has 2 heteroatoms. The summed E-state index contributed by atoms with van der Waals surface area (Å²) in [6.07, 6.45) is 0. The Morgan fingerprint density at radius 3 is 1.85 bits per heavy atom. The van der Waals surface area contributed by atoms with Crippen molar-refractivity contribution in [1.29, 1.82) is 0 Å². The first-order valence-electron chi connectivity index (χ1n) is 8.54. The van der Waals surface area contributed by atoms with Crippen molar-refractivity contribution in [2.45, 2.75) is 9.79 Å². The lowest BCUT2D eigenvalue weighted by Crippen LogP contribution is -1.91. The number of hydrogen-bond acceptors (Lipinski definition) is 2. The molecule has 0 saturated carbocycles. The van der Waals surface area contributed by atoms with Crippen LogP contribution < -0.4 is 4.74 Å². The van der Waals surface area contributed by atoms with Gasteiger partial charge in [0.1, 0.15) is 11.5 Å². The van der Waals surface area contributed by atoms with Crippen LogP contribution in [0.4, 0.5) is 0 Å². The zero-order valence-electron chi connectivity index (χ0n) is 14.2. The lowest BCUT2D eigenvalue weighted by molar-refractivity contribution is 0.473. The molecule has 0 N–H and O–H groups in total. The van der Waals surface area contributed by atoms with E-state index in [1.165, 1.54) is 4.90 Å². The van der Waals surface area contributed by atoms with Gasteiger partial charge in [0.15, 0.2) is 0 Å². The van der Waals surface area contributed by atoms with Gasteiger partial charge in [-0.3, -0.25) is 0 Å². The standard InChI is InChI=1S/C24H18OS/c1-4-11-19(12-5-1)22-17-10-18-23(26-21-15-8-3-9-16-21)24(22)25-20-13-6-2-7-14-20/h1-18H. The third-order valence-corrected chi connectivity index (χ3v) is 5.05. The molecule has 0 spiro atoms. The van der Waals surface area contributed by atoms with Crippen LogP contribution in [0.1, 0.15) is 0 Å². The Labute approximate surface area is 158 Å². The number of hydrogen-bond donors (Lipinski definition) is 0. The molecule has 4 aromatic carbocycles. The van der Waals surface area contributed by atoms with E-state index in [1.54, 1.807) is 11.8 Å². The van der Waals surface area contributed by atoms with Gasteiger partial charge in [-0.1, -0.05) is 90.6 Å². The highest BCUT2D eigenvalue weighted by molar-refractivity contribution is 7.99. The maximum Gasteiger partial charge on any atom is 0.149 e. The molecule has 0 atom stereocenters. The topological polar surface area (TPSA) is 9.23 Å². The predicted molar refractivity (Wildman–Crippen MR) is 109 cm³/mol. The second kappa shape index (κ2) is 7.94. The Bertz CT molecular complexity index is 967. The van der Waals surface area contributed by atoms with Crippen LogP contribution in [0, 0.1) is 0 Å². The highest BCUT2D eigenvalue weighted by Crippen LogP contribution is 2.43. The van der Waals surface area contributed by atoms with Gasteiger partial charge in [0.2, 0.25) is 0 Å². The summed E-state index contributed by atoms with van der Waals surface area (Å²) in [5, 5.41) is 0. The van der Waals surface area contributed by atoms with E-state index in [2.05, 4.69) is 66.7 Å². The molecule has 0 unspecified atom stereocenters. The van der Waals surface area contributed by atoms with Gasteiger partial charge >= 0.3 is 0 Å². The molecular formula is C24H18OS. The van der Waals surface area contributed by atoms with Crippen molar-refractivity contribution in [3.05, 3.63) is 109 Å². The lowest BCUT2D eigenvalue weighted by Gasteiger charge is -2.16. The van der Waals surface area contributed by atoms with E-state index in [0.717, 1.165) is 27.5 Å². The minimum Gasteiger partial charge on any atom is -0.456 e. The van der Waals surface area contributed by atoms with Crippen molar-refractivity contribution < 1.29 is 4.74 Å². The molecule has 0 amide bonds. The van der Waals surface area contributed by atoms with E-state index in [0.29, 0.717) is 0 Å². The van der Waals surface area contributed by atoms with Crippen molar-refractivity contribution in [1.82, 2.24) is 0 Å². The summed E-state index contributed by atoms with van der Waals surface area (Å²) in [5.74, 6) is 1.73. The fraction of sp³-hybridized carbons (Fsp3) is 0. The molecule has 0 aliphatic heterocycles. The van der Waals surface area contributed by atoms with Crippen molar-refractivity contribution >= 4 is 11.8 Å². The third-order valence-electron chi connectivity index (χ3n) is 4.00. The molecule has 126 valence electrons. The molecular weight excluding hydrogens is 336 g/mol. The maximum atomic E-state index is 6.35. The molecule has 26 heavy (non-hydrogen) atoms. The fourth-order valence-corrected chi connectivity index (χ4v) is 3.71. The largest absolute Gasteiger partial charge is 0.456 e. The van der Waals surface area contributed by atoms with Gasteiger partial charge in [-0.15, -0.1) is 0 Å². The first kappa shape index (κ1) is 16.5. The molecule has 0 aliphatic rings. The Hall–Kier alpha value is -2.97. The van der Waals surface area contributed by atoms with Gasteiger partial charge in [0.05, 0.1) is 4.90 Å². The number of rotatable bonds is 5. The number of benzene rings is 4. The molecule has 4 aromatic rings. The van der Waals surface area contributed by atoms with Crippen molar-refractivity contribution in [3.63, 3.8) is 0 Å². The quantitative estimate of drug-likeness (QED) is 0.372. The highest BCUT2D eigenvalue weighted by Gasteiger charge is 2.14. The van der Waals surface area contributed by atoms with Crippen LogP contribution in [0.3, 0.4) is 0 Å². The summed E-state index contributed by atoms with van der Waals surface area (Å²) in [6, 6.07) is 37.0. The second-order valence-electron chi connectivity index (χ2n) is 5.83. The summed E-state index contributed by atoms with van der Waals surface area (Å²) >= 11 is 1.72. The molecule has 0 radical (unpaired) electrons. The molecule has 0 aliphatic carbocycles. The minimum absolute atomic E-state index is 0.839. The van der Waals surface area contributed by atoms with Crippen molar-refractivity contribution in [2.75, 3.05) is 0 Å². The molecule has 0 bridgehead atoms. The summed E-state index contributed by atoms with van der Waals surface area (Å²) in [6.45, 7) is 0. The molecule has 0 fully saturated rings. The maximum absolute atomic E-state index is 6.35. The van der Waals surface area contributed by atoms with Gasteiger partial charge in [-0.25, -0.2) is 0 Å². The lowest BCUT2D eigenvalue weighted by atomic mass is 10.0. The Morgan fingerprint density at radius 1 is 0.538 bits per heavy atom. The number of ether oxygens (including phenoxy) is 1. The zero-order valence-corrected chi connectivity index (χ0v) is 15.0. The van der Waals surface area contributed by atoms with E-state index in [1.807, 2.05) is 42.5 Å². The van der Waals surface area contributed by atoms with E-state index >= 15 is 0 Å². The Kier molecular flexibility index (Phi) is 5.04. The molecule has 1 nitrogen and oxygen atoms in total. The molecule has 0 aromatic heterocycles. The van der Waals surface area contributed by atoms with Crippen LogP contribution in [-0.4, -0.2) is 0 Å². The second-order valence-corrected chi connectivity index (χ2v) is 6.94. The zero-order chi connectivity index (χ0) is 17.6. The van der Waals surface area contributed by atoms with Gasteiger partial charge in [0.25, 0.3) is 0 Å². The fourth-order valence-electron chi connectivity index (χ4n) is 2.77. The third kappa shape index (κ3) is 3.81. The summed E-state index contributed by atoms with van der Waals surface area (Å²) in [4.78, 5) is 2.29. The van der Waals surface area contributed by atoms with Crippen LogP contribution in [0.15, 0.2) is 119 Å². The van der Waals surface area contributed by atoms with Crippen LogP contribution >= 0.6 is 11.8 Å². The monoisotopic (exact) mass is 354 g/mol. The van der Waals surface area contributed by atoms with E-state index in [-0.39, 0.29) is 0 Å². The van der Waals surface area contributed by atoms with Crippen molar-refractivity contribution in [3.8, 4) is 22.6 Å². The first-order valence-corrected chi connectivity index (χ1v) is 9.36. The van der Waals surface area contributed by atoms with Gasteiger partial charge in [-0.2, -0.15) is 0 Å². The predicted octanol–water partition coefficient (Wildman–Crippen LogP) is 7.30. The molecule has 0 heterocycles. The minimum atomic E-state index is 0.839. The van der Waals surface area contributed by atoms with E-state index in [4.69, 9.17) is 4.74 Å². The van der Waals surface area contributed by atoms with Crippen LogP contribution in [0.25, 0.3) is 11.1 Å². The Morgan fingerprint density at radius 2 is 1.15 bits per heavy atom. The normalized spacial score (nSPS) is 10.5. The summed E-state index contributed by atoms with van der Waals surface area (Å²) in [7, 11) is 0.